The van der Waals surface area contributed by atoms with Crippen LogP contribution in [0.1, 0.15) is 11.3 Å². The highest BCUT2D eigenvalue weighted by molar-refractivity contribution is 7.13. The number of oxazole rings is 1. The number of fused-ring (bicyclic) bond motifs is 1. The van der Waals surface area contributed by atoms with Crippen molar-refractivity contribution in [2.45, 2.75) is 13.3 Å². The lowest BCUT2D eigenvalue weighted by Gasteiger charge is -2.02. The first-order valence-electron chi connectivity index (χ1n) is 6.33. The van der Waals surface area contributed by atoms with Gasteiger partial charge in [0.05, 0.1) is 17.6 Å². The number of nitrogens with one attached hydrogen (secondary N) is 1. The van der Waals surface area contributed by atoms with Gasteiger partial charge in [-0.3, -0.25) is 9.36 Å². The van der Waals surface area contributed by atoms with Gasteiger partial charge < -0.3 is 9.73 Å². The van der Waals surface area contributed by atoms with Gasteiger partial charge in [-0.15, -0.1) is 11.3 Å². The second-order valence-corrected chi connectivity index (χ2v) is 5.61. The molecule has 1 N–H and O–H groups in total. The molecule has 1 amide bonds. The number of nitrogens with zero attached hydrogens (tertiary/aromatic N) is 2. The monoisotopic (exact) mass is 303 g/mol. The van der Waals surface area contributed by atoms with E-state index in [0.29, 0.717) is 16.2 Å². The maximum Gasteiger partial charge on any atom is 0.419 e. The molecule has 0 bridgehead atoms. The van der Waals surface area contributed by atoms with E-state index < -0.39 is 5.76 Å². The molecule has 0 radical (unpaired) electrons. The number of anilines is 1. The largest absolute Gasteiger partial charge is 0.419 e. The minimum Gasteiger partial charge on any atom is -0.408 e. The highest BCUT2D eigenvalue weighted by Crippen LogP contribution is 2.17. The van der Waals surface area contributed by atoms with Crippen LogP contribution in [0.25, 0.3) is 11.1 Å². The molecule has 0 fully saturated rings. The van der Waals surface area contributed by atoms with Crippen molar-refractivity contribution in [3.63, 3.8) is 0 Å². The topological polar surface area (TPSA) is 77.1 Å². The van der Waals surface area contributed by atoms with Crippen molar-refractivity contribution < 1.29 is 9.21 Å². The van der Waals surface area contributed by atoms with E-state index in [9.17, 15) is 9.59 Å². The van der Waals surface area contributed by atoms with Crippen molar-refractivity contribution in [1.82, 2.24) is 9.55 Å². The van der Waals surface area contributed by atoms with Crippen LogP contribution in [0.3, 0.4) is 0 Å². The Balaban J connectivity index is 1.79. The summed E-state index contributed by atoms with van der Waals surface area (Å²) in [5.74, 6) is -0.554. The molecule has 2 aromatic heterocycles. The third-order valence-electron chi connectivity index (χ3n) is 3.09. The van der Waals surface area contributed by atoms with Gasteiger partial charge in [0.25, 0.3) is 0 Å². The summed E-state index contributed by atoms with van der Waals surface area (Å²) in [5.41, 5.74) is 2.88. The minimum atomic E-state index is -0.412. The molecule has 0 unspecified atom stereocenters. The fraction of sp³-hybridized carbons (Fsp3) is 0.214. The van der Waals surface area contributed by atoms with Crippen molar-refractivity contribution in [2.24, 2.45) is 7.05 Å². The number of carbonyl (C=O) groups is 1. The Morgan fingerprint density at radius 3 is 3.00 bits per heavy atom. The Hall–Kier alpha value is -2.41. The summed E-state index contributed by atoms with van der Waals surface area (Å²) in [6.07, 6.45) is 0.216. The van der Waals surface area contributed by atoms with Crippen LogP contribution < -0.4 is 11.1 Å². The van der Waals surface area contributed by atoms with E-state index in [-0.39, 0.29) is 12.3 Å². The maximum absolute atomic E-state index is 12.0. The maximum atomic E-state index is 12.0. The van der Waals surface area contributed by atoms with Gasteiger partial charge in [0.1, 0.15) is 0 Å². The quantitative estimate of drug-likeness (QED) is 0.803. The summed E-state index contributed by atoms with van der Waals surface area (Å²) < 4.78 is 6.47. The molecule has 3 aromatic rings. The molecular weight excluding hydrogens is 290 g/mol. The summed E-state index contributed by atoms with van der Waals surface area (Å²) in [6.45, 7) is 1.87. The zero-order chi connectivity index (χ0) is 15.0. The summed E-state index contributed by atoms with van der Waals surface area (Å²) in [5, 5.41) is 5.23. The Morgan fingerprint density at radius 2 is 2.29 bits per heavy atom. The van der Waals surface area contributed by atoms with E-state index in [1.165, 1.54) is 15.9 Å². The van der Waals surface area contributed by atoms with Crippen molar-refractivity contribution in [3.05, 3.63) is 45.4 Å². The average Bonchev–Trinajstić information content (AvgIpc) is 2.95. The standard InChI is InChI=1S/C14H13N3O3S/c1-8-7-21-13(15-8)16-12(18)6-9-3-4-11-10(5-9)17(2)14(19)20-11/h3-5,7H,6H2,1-2H3,(H,15,16,18). The molecule has 0 saturated carbocycles. The lowest BCUT2D eigenvalue weighted by Crippen LogP contribution is -2.14. The number of thiazole rings is 1. The van der Waals surface area contributed by atoms with Gasteiger partial charge >= 0.3 is 5.76 Å². The normalized spacial score (nSPS) is 11.0. The van der Waals surface area contributed by atoms with E-state index in [0.717, 1.165) is 11.3 Å². The highest BCUT2D eigenvalue weighted by atomic mass is 32.1. The summed E-state index contributed by atoms with van der Waals surface area (Å²) in [7, 11) is 1.64. The van der Waals surface area contributed by atoms with Gasteiger partial charge in [0, 0.05) is 12.4 Å². The number of hydrogen-bond donors (Lipinski definition) is 1. The molecule has 7 heteroatoms. The van der Waals surface area contributed by atoms with Crippen LogP contribution in [-0.4, -0.2) is 15.5 Å². The zero-order valence-electron chi connectivity index (χ0n) is 11.5. The van der Waals surface area contributed by atoms with Crippen molar-refractivity contribution >= 4 is 33.5 Å². The fourth-order valence-electron chi connectivity index (χ4n) is 2.04. The molecule has 0 spiro atoms. The van der Waals surface area contributed by atoms with Crippen LogP contribution in [-0.2, 0) is 18.3 Å². The van der Waals surface area contributed by atoms with Gasteiger partial charge in [-0.05, 0) is 24.6 Å². The predicted octanol–water partition coefficient (Wildman–Crippen LogP) is 2.08. The average molecular weight is 303 g/mol. The molecule has 0 aliphatic carbocycles. The molecule has 2 heterocycles. The first kappa shape index (κ1) is 13.6. The number of aryl methyl sites for hydroxylation is 2. The lowest BCUT2D eigenvalue weighted by molar-refractivity contribution is -0.115. The molecule has 0 saturated heterocycles. The summed E-state index contributed by atoms with van der Waals surface area (Å²) in [4.78, 5) is 27.6. The van der Waals surface area contributed by atoms with Gasteiger partial charge in [-0.1, -0.05) is 6.07 Å². The molecule has 21 heavy (non-hydrogen) atoms. The van der Waals surface area contributed by atoms with Crippen molar-refractivity contribution in [3.8, 4) is 0 Å². The molecule has 108 valence electrons. The summed E-state index contributed by atoms with van der Waals surface area (Å²) >= 11 is 1.39. The number of rotatable bonds is 3. The smallest absolute Gasteiger partial charge is 0.408 e. The van der Waals surface area contributed by atoms with E-state index in [2.05, 4.69) is 10.3 Å². The predicted molar refractivity (Wildman–Crippen MR) is 80.6 cm³/mol. The first-order valence-corrected chi connectivity index (χ1v) is 7.21. The Bertz CT molecular complexity index is 875. The Labute approximate surface area is 124 Å². The second kappa shape index (κ2) is 5.17. The molecule has 0 atom stereocenters. The van der Waals surface area contributed by atoms with E-state index in [1.54, 1.807) is 25.2 Å². The van der Waals surface area contributed by atoms with Gasteiger partial charge in [-0.2, -0.15) is 0 Å². The van der Waals surface area contributed by atoms with E-state index >= 15 is 0 Å². The van der Waals surface area contributed by atoms with Crippen molar-refractivity contribution in [2.75, 3.05) is 5.32 Å². The second-order valence-electron chi connectivity index (χ2n) is 4.75. The number of carbonyl (C=O) groups excluding carboxylic acids is 1. The first-order chi connectivity index (χ1) is 10.0. The number of aromatic nitrogens is 2. The SMILES string of the molecule is Cc1csc(NC(=O)Cc2ccc3oc(=O)n(C)c3c2)n1. The van der Waals surface area contributed by atoms with Gasteiger partial charge in [0.15, 0.2) is 10.7 Å². The lowest BCUT2D eigenvalue weighted by atomic mass is 10.1. The van der Waals surface area contributed by atoms with Crippen LogP contribution in [0.5, 0.6) is 0 Å². The Morgan fingerprint density at radius 1 is 1.48 bits per heavy atom. The Kier molecular flexibility index (Phi) is 3.34. The molecule has 3 rings (SSSR count). The highest BCUT2D eigenvalue weighted by Gasteiger charge is 2.10. The van der Waals surface area contributed by atoms with E-state index in [1.807, 2.05) is 12.3 Å². The number of hydrogen-bond acceptors (Lipinski definition) is 5. The van der Waals surface area contributed by atoms with Crippen LogP contribution in [0.15, 0.2) is 32.8 Å². The fourth-order valence-corrected chi connectivity index (χ4v) is 2.75. The minimum absolute atomic E-state index is 0.141. The molecule has 6 nitrogen and oxygen atoms in total. The third-order valence-corrected chi connectivity index (χ3v) is 3.96. The van der Waals surface area contributed by atoms with Gasteiger partial charge in [0.2, 0.25) is 5.91 Å². The molecular formula is C14H13N3O3S. The van der Waals surface area contributed by atoms with Crippen molar-refractivity contribution in [1.29, 1.82) is 0 Å². The third kappa shape index (κ3) is 2.73. The number of benzene rings is 1. The van der Waals surface area contributed by atoms with Gasteiger partial charge in [-0.25, -0.2) is 9.78 Å². The van der Waals surface area contributed by atoms with Crippen LogP contribution >= 0.6 is 11.3 Å². The van der Waals surface area contributed by atoms with Crippen LogP contribution in [0.2, 0.25) is 0 Å². The molecule has 0 aliphatic heterocycles. The number of amides is 1. The zero-order valence-corrected chi connectivity index (χ0v) is 12.4. The molecule has 1 aromatic carbocycles. The van der Waals surface area contributed by atoms with Crippen LogP contribution in [0.4, 0.5) is 5.13 Å². The summed E-state index contributed by atoms with van der Waals surface area (Å²) in [6, 6.07) is 5.26. The molecule has 0 aliphatic rings. The van der Waals surface area contributed by atoms with Crippen LogP contribution in [0, 0.1) is 6.92 Å². The van der Waals surface area contributed by atoms with E-state index in [4.69, 9.17) is 4.42 Å².